The fraction of sp³-hybridized carbons (Fsp3) is 0. The summed E-state index contributed by atoms with van der Waals surface area (Å²) in [6.07, 6.45) is 0. The number of hydrogen-bond donors (Lipinski definition) is 0. The third-order valence-corrected chi connectivity index (χ3v) is 11.4. The van der Waals surface area contributed by atoms with E-state index in [2.05, 4.69) is 206 Å². The van der Waals surface area contributed by atoms with Crippen LogP contribution in [-0.4, -0.2) is 0 Å². The van der Waals surface area contributed by atoms with Crippen molar-refractivity contribution in [2.24, 2.45) is 0 Å². The van der Waals surface area contributed by atoms with Crippen molar-refractivity contribution in [2.75, 3.05) is 0 Å². The zero-order valence-corrected chi connectivity index (χ0v) is 29.6. The highest BCUT2D eigenvalue weighted by Gasteiger charge is 2.20. The van der Waals surface area contributed by atoms with E-state index >= 15 is 0 Å². The normalized spacial score (nSPS) is 11.7. The van der Waals surface area contributed by atoms with Crippen molar-refractivity contribution in [1.29, 1.82) is 0 Å². The Bertz CT molecular complexity index is 3260. The molecule has 11 aromatic rings. The van der Waals surface area contributed by atoms with Gasteiger partial charge in [-0.05, 0) is 121 Å². The van der Waals surface area contributed by atoms with E-state index in [9.17, 15) is 0 Å². The largest absolute Gasteiger partial charge is 0.0616 e. The average Bonchev–Trinajstić information content (AvgIpc) is 3.24. The van der Waals surface area contributed by atoms with Crippen LogP contribution in [0, 0.1) is 0 Å². The predicted molar refractivity (Wildman–Crippen MR) is 233 cm³/mol. The van der Waals surface area contributed by atoms with Gasteiger partial charge in [0.25, 0.3) is 0 Å². The maximum absolute atomic E-state index is 2.46. The summed E-state index contributed by atoms with van der Waals surface area (Å²) in [6.45, 7) is 0. The van der Waals surface area contributed by atoms with Gasteiger partial charge in [0.05, 0.1) is 0 Å². The van der Waals surface area contributed by atoms with Crippen LogP contribution in [0.4, 0.5) is 0 Å². The highest BCUT2D eigenvalue weighted by atomic mass is 14.2. The van der Waals surface area contributed by atoms with Crippen molar-refractivity contribution < 1.29 is 0 Å². The molecule has 0 saturated heterocycles. The lowest BCUT2D eigenvalue weighted by Crippen LogP contribution is -1.93. The smallest absolute Gasteiger partial charge is 0.00199 e. The summed E-state index contributed by atoms with van der Waals surface area (Å²) < 4.78 is 0. The van der Waals surface area contributed by atoms with Crippen molar-refractivity contribution in [3.63, 3.8) is 0 Å². The van der Waals surface area contributed by atoms with Crippen LogP contribution in [0.5, 0.6) is 0 Å². The Morgan fingerprint density at radius 1 is 0.185 bits per heavy atom. The van der Waals surface area contributed by atoms with Gasteiger partial charge >= 0.3 is 0 Å². The molecule has 0 spiro atoms. The zero-order valence-electron chi connectivity index (χ0n) is 29.6. The first-order valence-electron chi connectivity index (χ1n) is 18.8. The Kier molecular flexibility index (Phi) is 6.97. The maximum atomic E-state index is 2.46. The van der Waals surface area contributed by atoms with Gasteiger partial charge in [-0.1, -0.05) is 194 Å². The van der Waals surface area contributed by atoms with Crippen LogP contribution in [0.15, 0.2) is 206 Å². The van der Waals surface area contributed by atoms with E-state index in [1.54, 1.807) is 0 Å². The molecule has 0 heteroatoms. The van der Waals surface area contributed by atoms with Gasteiger partial charge in [-0.3, -0.25) is 0 Å². The van der Waals surface area contributed by atoms with Gasteiger partial charge in [-0.25, -0.2) is 0 Å². The van der Waals surface area contributed by atoms with Crippen molar-refractivity contribution in [3.05, 3.63) is 206 Å². The van der Waals surface area contributed by atoms with E-state index in [4.69, 9.17) is 0 Å². The maximum Gasteiger partial charge on any atom is -0.00199 e. The topological polar surface area (TPSA) is 0 Å². The Balaban J connectivity index is 1.23. The molecule has 0 aliphatic carbocycles. The Labute approximate surface area is 314 Å². The molecule has 0 aliphatic heterocycles. The molecule has 0 heterocycles. The Hall–Kier alpha value is -7.02. The Morgan fingerprint density at radius 3 is 1.37 bits per heavy atom. The van der Waals surface area contributed by atoms with Crippen LogP contribution in [-0.2, 0) is 0 Å². The fourth-order valence-electron chi connectivity index (χ4n) is 8.98. The summed E-state index contributed by atoms with van der Waals surface area (Å²) in [5.41, 5.74) is 10.0. The molecule has 0 saturated carbocycles. The second-order valence-electron chi connectivity index (χ2n) is 14.4. The lowest BCUT2D eigenvalue weighted by Gasteiger charge is -2.20. The second kappa shape index (κ2) is 12.3. The molecule has 0 aliphatic rings. The molecule has 11 aromatic carbocycles. The molecular weight excluding hydrogens is 649 g/mol. The van der Waals surface area contributed by atoms with Crippen LogP contribution in [0.3, 0.4) is 0 Å². The van der Waals surface area contributed by atoms with Gasteiger partial charge in [0.1, 0.15) is 0 Å². The molecule has 0 nitrogen and oxygen atoms in total. The first-order chi connectivity index (χ1) is 26.8. The number of rotatable bonds is 4. The van der Waals surface area contributed by atoms with Gasteiger partial charge in [-0.2, -0.15) is 0 Å². The molecular formula is C54H34. The van der Waals surface area contributed by atoms with Crippen LogP contribution >= 0.6 is 0 Å². The molecule has 0 bridgehead atoms. The minimum atomic E-state index is 1.21. The van der Waals surface area contributed by atoms with Crippen LogP contribution < -0.4 is 0 Å². The molecule has 0 atom stereocenters. The Morgan fingerprint density at radius 2 is 0.648 bits per heavy atom. The average molecular weight is 683 g/mol. The van der Waals surface area contributed by atoms with Crippen molar-refractivity contribution >= 4 is 64.6 Å². The van der Waals surface area contributed by atoms with Crippen LogP contribution in [0.2, 0.25) is 0 Å². The van der Waals surface area contributed by atoms with E-state index in [0.29, 0.717) is 0 Å². The summed E-state index contributed by atoms with van der Waals surface area (Å²) in [5, 5.41) is 15.1. The SMILES string of the molecule is c1ccc2cc(-c3c4ccccc4c(-c4cccc5ccccc45)c4cc(-c5ccc(-c6cccc7ccccc67)c6ccccc56)ccc34)ccc2c1. The van der Waals surface area contributed by atoms with E-state index in [-0.39, 0.29) is 0 Å². The van der Waals surface area contributed by atoms with Crippen molar-refractivity contribution in [3.8, 4) is 44.5 Å². The minimum absolute atomic E-state index is 1.21. The molecule has 0 fully saturated rings. The fourth-order valence-corrected chi connectivity index (χ4v) is 8.98. The van der Waals surface area contributed by atoms with Crippen LogP contribution in [0.1, 0.15) is 0 Å². The zero-order chi connectivity index (χ0) is 35.6. The molecule has 0 aromatic heterocycles. The van der Waals surface area contributed by atoms with E-state index in [1.807, 2.05) is 0 Å². The van der Waals surface area contributed by atoms with Crippen molar-refractivity contribution in [2.45, 2.75) is 0 Å². The first kappa shape index (κ1) is 30.6. The standard InChI is InChI=1S/C54H34/c1-2-16-38-33-40(28-27-35(38)13-1)53-49-23-9-10-24-50(49)54(48-26-12-18-37-15-4-6-20-42(37)48)52-34-39(29-30-51(52)53)43-31-32-47(46-22-8-7-21-44(43)46)45-25-11-17-36-14-3-5-19-41(36)45/h1-34H. The van der Waals surface area contributed by atoms with Gasteiger partial charge in [-0.15, -0.1) is 0 Å². The predicted octanol–water partition coefficient (Wildman–Crippen LogP) is 15.3. The molecule has 0 amide bonds. The summed E-state index contributed by atoms with van der Waals surface area (Å²) in [5.74, 6) is 0. The molecule has 11 rings (SSSR count). The van der Waals surface area contributed by atoms with E-state index in [0.717, 1.165) is 0 Å². The van der Waals surface area contributed by atoms with Gasteiger partial charge in [0, 0.05) is 0 Å². The van der Waals surface area contributed by atoms with Gasteiger partial charge in [0.15, 0.2) is 0 Å². The highest BCUT2D eigenvalue weighted by Crippen LogP contribution is 2.47. The van der Waals surface area contributed by atoms with Gasteiger partial charge < -0.3 is 0 Å². The third kappa shape index (κ3) is 4.78. The second-order valence-corrected chi connectivity index (χ2v) is 14.4. The van der Waals surface area contributed by atoms with Crippen molar-refractivity contribution in [1.82, 2.24) is 0 Å². The quantitative estimate of drug-likeness (QED) is 0.162. The molecule has 54 heavy (non-hydrogen) atoms. The monoisotopic (exact) mass is 682 g/mol. The van der Waals surface area contributed by atoms with E-state index in [1.165, 1.54) is 109 Å². The molecule has 0 N–H and O–H groups in total. The lowest BCUT2D eigenvalue weighted by atomic mass is 9.83. The highest BCUT2D eigenvalue weighted by molar-refractivity contribution is 6.24. The number of fused-ring (bicyclic) bond motifs is 6. The minimum Gasteiger partial charge on any atom is -0.0616 e. The summed E-state index contributed by atoms with van der Waals surface area (Å²) in [4.78, 5) is 0. The third-order valence-electron chi connectivity index (χ3n) is 11.4. The van der Waals surface area contributed by atoms with E-state index < -0.39 is 0 Å². The summed E-state index contributed by atoms with van der Waals surface area (Å²) in [6, 6.07) is 76.2. The van der Waals surface area contributed by atoms with Gasteiger partial charge in [0.2, 0.25) is 0 Å². The molecule has 250 valence electrons. The molecule has 0 unspecified atom stereocenters. The molecule has 0 radical (unpaired) electrons. The number of hydrogen-bond acceptors (Lipinski definition) is 0. The number of benzene rings is 11. The summed E-state index contributed by atoms with van der Waals surface area (Å²) >= 11 is 0. The first-order valence-corrected chi connectivity index (χ1v) is 18.8. The van der Waals surface area contributed by atoms with Crippen LogP contribution in [0.25, 0.3) is 109 Å². The lowest BCUT2D eigenvalue weighted by molar-refractivity contribution is 1.65. The summed E-state index contributed by atoms with van der Waals surface area (Å²) in [7, 11) is 0.